The quantitative estimate of drug-likeness (QED) is 0.308. The number of likely N-dealkylation sites (tertiary alicyclic amines) is 1. The molecule has 1 saturated heterocycles. The van der Waals surface area contributed by atoms with Gasteiger partial charge in [-0.2, -0.15) is 0 Å². The Kier molecular flexibility index (Phi) is 8.43. The molecule has 1 heterocycles. The minimum Gasteiger partial charge on any atom is -1.00 e. The molecule has 0 aromatic carbocycles. The lowest BCUT2D eigenvalue weighted by molar-refractivity contribution is -0.897. The molecule has 0 aliphatic carbocycles. The highest BCUT2D eigenvalue weighted by Crippen LogP contribution is 2.20. The standard InChI is InChI=1S/C11H26NO3Si.HI/c1-12(8-5-6-9-12)10-7-11-16(13-2,14-3)15-4;/h5-11H2,1-4H3;1H/q+1;/p-1. The van der Waals surface area contributed by atoms with Gasteiger partial charge in [0.2, 0.25) is 0 Å². The fourth-order valence-corrected chi connectivity index (χ4v) is 4.26. The molecular formula is C11H26INO3Si. The molecule has 4 nitrogen and oxygen atoms in total. The lowest BCUT2D eigenvalue weighted by Crippen LogP contribution is -3.00. The minimum absolute atomic E-state index is 0. The van der Waals surface area contributed by atoms with Gasteiger partial charge in [0.15, 0.2) is 0 Å². The smallest absolute Gasteiger partial charge is 0.500 e. The summed E-state index contributed by atoms with van der Waals surface area (Å²) < 4.78 is 17.5. The molecule has 0 saturated carbocycles. The average Bonchev–Trinajstić information content (AvgIpc) is 2.73. The van der Waals surface area contributed by atoms with Gasteiger partial charge in [0.25, 0.3) is 0 Å². The Hall–Kier alpha value is 0.787. The van der Waals surface area contributed by atoms with Crippen LogP contribution in [0, 0.1) is 0 Å². The number of hydrogen-bond donors (Lipinski definition) is 0. The van der Waals surface area contributed by atoms with E-state index in [-0.39, 0.29) is 24.0 Å². The molecule has 17 heavy (non-hydrogen) atoms. The van der Waals surface area contributed by atoms with Crippen LogP contribution in [0.1, 0.15) is 19.3 Å². The lowest BCUT2D eigenvalue weighted by Gasteiger charge is -2.31. The van der Waals surface area contributed by atoms with E-state index in [9.17, 15) is 0 Å². The molecule has 0 N–H and O–H groups in total. The Labute approximate surface area is 124 Å². The number of rotatable bonds is 7. The molecule has 0 atom stereocenters. The van der Waals surface area contributed by atoms with Crippen LogP contribution in [-0.2, 0) is 13.3 Å². The van der Waals surface area contributed by atoms with E-state index in [0.29, 0.717) is 0 Å². The fourth-order valence-electron chi connectivity index (χ4n) is 2.56. The van der Waals surface area contributed by atoms with Crippen molar-refractivity contribution in [3.8, 4) is 0 Å². The highest BCUT2D eigenvalue weighted by molar-refractivity contribution is 6.60. The summed E-state index contributed by atoms with van der Waals surface area (Å²) in [6.07, 6.45) is 3.87. The van der Waals surface area contributed by atoms with Gasteiger partial charge in [0.1, 0.15) is 0 Å². The summed E-state index contributed by atoms with van der Waals surface area (Å²) in [4.78, 5) is 0. The van der Waals surface area contributed by atoms with Gasteiger partial charge in [-0.3, -0.25) is 0 Å². The van der Waals surface area contributed by atoms with E-state index in [1.807, 2.05) is 0 Å². The molecule has 6 heteroatoms. The van der Waals surface area contributed by atoms with Crippen LogP contribution < -0.4 is 24.0 Å². The van der Waals surface area contributed by atoms with E-state index in [0.717, 1.165) is 12.5 Å². The summed E-state index contributed by atoms with van der Waals surface area (Å²) in [5.74, 6) is 0. The first kappa shape index (κ1) is 17.8. The SMILES string of the molecule is CO[Si](CCC[N+]1(C)CCCC1)(OC)OC.[I-]. The topological polar surface area (TPSA) is 27.7 Å². The van der Waals surface area contributed by atoms with Crippen molar-refractivity contribution in [2.45, 2.75) is 25.3 Å². The maximum Gasteiger partial charge on any atom is 0.500 e. The maximum absolute atomic E-state index is 5.42. The first-order chi connectivity index (χ1) is 7.60. The number of halogens is 1. The summed E-state index contributed by atoms with van der Waals surface area (Å²) in [5.41, 5.74) is 0. The third-order valence-corrected chi connectivity index (χ3v) is 6.59. The van der Waals surface area contributed by atoms with Gasteiger partial charge in [-0.25, -0.2) is 0 Å². The van der Waals surface area contributed by atoms with Crippen LogP contribution in [0.5, 0.6) is 0 Å². The van der Waals surface area contributed by atoms with E-state index in [1.54, 1.807) is 21.3 Å². The summed E-state index contributed by atoms with van der Waals surface area (Å²) in [6, 6.07) is 0.921. The highest BCUT2D eigenvalue weighted by Gasteiger charge is 2.38. The Balaban J connectivity index is 0.00000256. The molecule has 1 aliphatic heterocycles. The van der Waals surface area contributed by atoms with Crippen molar-refractivity contribution < 1.29 is 41.7 Å². The molecule has 1 rings (SSSR count). The zero-order valence-corrected chi connectivity index (χ0v) is 14.7. The van der Waals surface area contributed by atoms with Crippen LogP contribution in [0.15, 0.2) is 0 Å². The van der Waals surface area contributed by atoms with Gasteiger partial charge in [0.05, 0.1) is 26.7 Å². The van der Waals surface area contributed by atoms with Crippen molar-refractivity contribution in [2.75, 3.05) is 48.0 Å². The van der Waals surface area contributed by atoms with Gasteiger partial charge in [-0.05, 0) is 0 Å². The van der Waals surface area contributed by atoms with Crippen molar-refractivity contribution >= 4 is 8.80 Å². The van der Waals surface area contributed by atoms with Gasteiger partial charge >= 0.3 is 8.80 Å². The molecule has 1 fully saturated rings. The molecule has 0 spiro atoms. The molecule has 1 aliphatic rings. The lowest BCUT2D eigenvalue weighted by atomic mass is 10.4. The van der Waals surface area contributed by atoms with E-state index < -0.39 is 8.80 Å². The second kappa shape index (κ2) is 8.06. The number of quaternary nitrogens is 1. The van der Waals surface area contributed by atoms with Crippen LogP contribution in [-0.4, -0.2) is 61.3 Å². The monoisotopic (exact) mass is 375 g/mol. The van der Waals surface area contributed by atoms with Crippen LogP contribution in [0.4, 0.5) is 0 Å². The zero-order chi connectivity index (χ0) is 12.1. The van der Waals surface area contributed by atoms with Crippen molar-refractivity contribution in [2.24, 2.45) is 0 Å². The Morgan fingerprint density at radius 1 is 1.00 bits per heavy atom. The van der Waals surface area contributed by atoms with Crippen LogP contribution in [0.3, 0.4) is 0 Å². The minimum atomic E-state index is -2.33. The zero-order valence-electron chi connectivity index (χ0n) is 11.5. The molecule has 0 bridgehead atoms. The summed E-state index contributed by atoms with van der Waals surface area (Å²) in [7, 11) is 5.08. The molecule has 0 amide bonds. The largest absolute Gasteiger partial charge is 1.00 e. The summed E-state index contributed by atoms with van der Waals surface area (Å²) in [5, 5.41) is 0. The number of hydrogen-bond acceptors (Lipinski definition) is 3. The van der Waals surface area contributed by atoms with Crippen molar-refractivity contribution in [3.63, 3.8) is 0 Å². The van der Waals surface area contributed by atoms with Crippen LogP contribution in [0.25, 0.3) is 0 Å². The van der Waals surface area contributed by atoms with Gasteiger partial charge in [-0.15, -0.1) is 0 Å². The Morgan fingerprint density at radius 3 is 1.88 bits per heavy atom. The van der Waals surface area contributed by atoms with Crippen LogP contribution in [0.2, 0.25) is 6.04 Å². The van der Waals surface area contributed by atoms with E-state index in [4.69, 9.17) is 13.3 Å². The second-order valence-electron chi connectivity index (χ2n) is 4.90. The predicted molar refractivity (Wildman–Crippen MR) is 66.2 cm³/mol. The Bertz CT molecular complexity index is 201. The summed E-state index contributed by atoms with van der Waals surface area (Å²) in [6.45, 7) is 3.85. The highest BCUT2D eigenvalue weighted by atomic mass is 127. The normalized spacial score (nSPS) is 19.1. The van der Waals surface area contributed by atoms with Crippen molar-refractivity contribution in [1.29, 1.82) is 0 Å². The Morgan fingerprint density at radius 2 is 1.47 bits per heavy atom. The van der Waals surface area contributed by atoms with Crippen LogP contribution >= 0.6 is 0 Å². The van der Waals surface area contributed by atoms with Gasteiger partial charge in [0, 0.05) is 46.6 Å². The average molecular weight is 375 g/mol. The van der Waals surface area contributed by atoms with Gasteiger partial charge < -0.3 is 41.7 Å². The molecule has 0 aromatic rings. The molecule has 104 valence electrons. The van der Waals surface area contributed by atoms with Gasteiger partial charge in [-0.1, -0.05) is 0 Å². The second-order valence-corrected chi connectivity index (χ2v) is 7.99. The molecule has 0 aromatic heterocycles. The molecule has 0 radical (unpaired) electrons. The fraction of sp³-hybridized carbons (Fsp3) is 1.00. The maximum atomic E-state index is 5.42. The molecular weight excluding hydrogens is 349 g/mol. The third kappa shape index (κ3) is 5.12. The van der Waals surface area contributed by atoms with E-state index in [1.165, 1.54) is 37.0 Å². The van der Waals surface area contributed by atoms with Crippen molar-refractivity contribution in [1.82, 2.24) is 0 Å². The predicted octanol–water partition coefficient (Wildman–Crippen LogP) is -1.50. The van der Waals surface area contributed by atoms with Crippen molar-refractivity contribution in [3.05, 3.63) is 0 Å². The third-order valence-electron chi connectivity index (χ3n) is 3.76. The first-order valence-corrected chi connectivity index (χ1v) is 8.02. The van der Waals surface area contributed by atoms with E-state index in [2.05, 4.69) is 7.05 Å². The van der Waals surface area contributed by atoms with E-state index >= 15 is 0 Å². The number of nitrogens with zero attached hydrogens (tertiary/aromatic N) is 1. The summed E-state index contributed by atoms with van der Waals surface area (Å²) >= 11 is 0. The first-order valence-electron chi connectivity index (χ1n) is 6.09. The molecule has 0 unspecified atom stereocenters.